The van der Waals surface area contributed by atoms with Crippen LogP contribution >= 0.6 is 0 Å². The van der Waals surface area contributed by atoms with Gasteiger partial charge in [0.1, 0.15) is 11.6 Å². The van der Waals surface area contributed by atoms with Crippen molar-refractivity contribution in [2.75, 3.05) is 32.1 Å². The summed E-state index contributed by atoms with van der Waals surface area (Å²) in [5.41, 5.74) is 0.725. The average Bonchev–Trinajstić information content (AvgIpc) is 3.25. The van der Waals surface area contributed by atoms with Gasteiger partial charge in [-0.25, -0.2) is 0 Å². The van der Waals surface area contributed by atoms with Crippen LogP contribution in [0.15, 0.2) is 24.3 Å². The van der Waals surface area contributed by atoms with Crippen LogP contribution in [-0.2, 0) is 13.0 Å². The number of methoxy groups -OCH3 is 1. The topological polar surface area (TPSA) is 72.3 Å². The Hall–Kier alpha value is -2.41. The van der Waals surface area contributed by atoms with E-state index in [9.17, 15) is 4.79 Å². The number of hydrogen-bond donors (Lipinski definition) is 1. The number of carbonyl (C=O) groups is 1. The van der Waals surface area contributed by atoms with E-state index in [0.29, 0.717) is 17.7 Å². The molecule has 1 N–H and O–H groups in total. The lowest BCUT2D eigenvalue weighted by Gasteiger charge is -2.25. The van der Waals surface area contributed by atoms with E-state index < -0.39 is 0 Å². The molecule has 1 amide bonds. The third-order valence-electron chi connectivity index (χ3n) is 6.11. The number of likely N-dealkylation sites (tertiary alicyclic amines) is 1. The third-order valence-corrected chi connectivity index (χ3v) is 6.11. The Morgan fingerprint density at radius 3 is 2.67 bits per heavy atom. The van der Waals surface area contributed by atoms with E-state index >= 15 is 0 Å². The number of nitrogens with zero attached hydrogens (tertiary/aromatic N) is 4. The number of benzene rings is 1. The molecule has 3 aliphatic rings. The first-order valence-electron chi connectivity index (χ1n) is 9.79. The molecule has 2 aromatic rings. The molecule has 0 bridgehead atoms. The molecule has 0 radical (unpaired) electrons. The normalized spacial score (nSPS) is 24.3. The molecular weight excluding hydrogens is 342 g/mol. The van der Waals surface area contributed by atoms with Crippen molar-refractivity contribution in [3.8, 4) is 5.75 Å². The fourth-order valence-corrected chi connectivity index (χ4v) is 4.47. The van der Waals surface area contributed by atoms with Crippen molar-refractivity contribution in [1.82, 2.24) is 19.7 Å². The predicted octanol–water partition coefficient (Wildman–Crippen LogP) is 2.05. The van der Waals surface area contributed by atoms with Crippen LogP contribution in [0, 0.1) is 17.8 Å². The number of fused-ring (bicyclic) bond motifs is 2. The van der Waals surface area contributed by atoms with Gasteiger partial charge in [0, 0.05) is 38.3 Å². The monoisotopic (exact) mass is 367 g/mol. The first-order valence-corrected chi connectivity index (χ1v) is 9.79. The largest absolute Gasteiger partial charge is 0.497 e. The molecule has 1 aromatic carbocycles. The summed E-state index contributed by atoms with van der Waals surface area (Å²) >= 11 is 0. The summed E-state index contributed by atoms with van der Waals surface area (Å²) in [7, 11) is 1.62. The predicted molar refractivity (Wildman–Crippen MR) is 101 cm³/mol. The van der Waals surface area contributed by atoms with Crippen LogP contribution in [0.2, 0.25) is 0 Å². The van der Waals surface area contributed by atoms with Crippen LogP contribution < -0.4 is 10.1 Å². The summed E-state index contributed by atoms with van der Waals surface area (Å²) in [6.45, 7) is 4.40. The maximum absolute atomic E-state index is 12.7. The van der Waals surface area contributed by atoms with E-state index in [2.05, 4.69) is 20.4 Å². The SMILES string of the molecule is COc1ccc(NC(=O)c2nnc3n2C[C@H]2CN(CC4CC4)C[C@H]2C3)cc1. The number of aromatic nitrogens is 3. The van der Waals surface area contributed by atoms with Gasteiger partial charge in [0.2, 0.25) is 5.82 Å². The fourth-order valence-electron chi connectivity index (χ4n) is 4.47. The second kappa shape index (κ2) is 6.64. The summed E-state index contributed by atoms with van der Waals surface area (Å²) in [6, 6.07) is 7.30. The lowest BCUT2D eigenvalue weighted by Crippen LogP contribution is -2.31. The van der Waals surface area contributed by atoms with Crippen LogP contribution in [-0.4, -0.2) is 52.3 Å². The number of anilines is 1. The van der Waals surface area contributed by atoms with Crippen LogP contribution in [0.4, 0.5) is 5.69 Å². The smallest absolute Gasteiger partial charge is 0.293 e. The molecule has 7 nitrogen and oxygen atoms in total. The number of amides is 1. The highest BCUT2D eigenvalue weighted by atomic mass is 16.5. The molecule has 7 heteroatoms. The molecule has 1 aromatic heterocycles. The minimum Gasteiger partial charge on any atom is -0.497 e. The Kier molecular flexibility index (Phi) is 4.11. The Morgan fingerprint density at radius 2 is 1.93 bits per heavy atom. The minimum atomic E-state index is -0.204. The van der Waals surface area contributed by atoms with Gasteiger partial charge in [-0.3, -0.25) is 4.79 Å². The van der Waals surface area contributed by atoms with E-state index in [-0.39, 0.29) is 5.91 Å². The second-order valence-corrected chi connectivity index (χ2v) is 8.12. The van der Waals surface area contributed by atoms with E-state index in [1.54, 1.807) is 7.11 Å². The van der Waals surface area contributed by atoms with E-state index in [0.717, 1.165) is 42.7 Å². The molecule has 2 atom stereocenters. The number of rotatable bonds is 5. The van der Waals surface area contributed by atoms with Gasteiger partial charge in [-0.15, -0.1) is 10.2 Å². The zero-order valence-electron chi connectivity index (χ0n) is 15.6. The molecule has 1 saturated heterocycles. The van der Waals surface area contributed by atoms with Crippen molar-refractivity contribution >= 4 is 11.6 Å². The van der Waals surface area contributed by atoms with Gasteiger partial charge in [0.15, 0.2) is 0 Å². The van der Waals surface area contributed by atoms with Crippen LogP contribution in [0.5, 0.6) is 5.75 Å². The Bertz CT molecular complexity index is 843. The summed E-state index contributed by atoms with van der Waals surface area (Å²) in [5.74, 6) is 4.10. The minimum absolute atomic E-state index is 0.204. The molecule has 0 unspecified atom stereocenters. The van der Waals surface area contributed by atoms with Gasteiger partial charge in [0.25, 0.3) is 5.91 Å². The van der Waals surface area contributed by atoms with Gasteiger partial charge in [0.05, 0.1) is 7.11 Å². The number of nitrogens with one attached hydrogen (secondary N) is 1. The average molecular weight is 367 g/mol. The summed E-state index contributed by atoms with van der Waals surface area (Å²) in [4.78, 5) is 15.4. The highest BCUT2D eigenvalue weighted by Gasteiger charge is 2.40. The van der Waals surface area contributed by atoms with E-state index in [1.807, 2.05) is 28.8 Å². The van der Waals surface area contributed by atoms with E-state index in [4.69, 9.17) is 4.74 Å². The van der Waals surface area contributed by atoms with Crippen molar-refractivity contribution in [3.63, 3.8) is 0 Å². The maximum atomic E-state index is 12.7. The molecule has 5 rings (SSSR count). The molecule has 0 spiro atoms. The quantitative estimate of drug-likeness (QED) is 0.876. The van der Waals surface area contributed by atoms with Crippen molar-refractivity contribution in [2.24, 2.45) is 17.8 Å². The summed E-state index contributed by atoms with van der Waals surface area (Å²) < 4.78 is 7.18. The van der Waals surface area contributed by atoms with Gasteiger partial charge < -0.3 is 19.5 Å². The first-order chi connectivity index (χ1) is 13.2. The molecule has 1 saturated carbocycles. The summed E-state index contributed by atoms with van der Waals surface area (Å²) in [6.07, 6.45) is 3.72. The molecular formula is C20H25N5O2. The third kappa shape index (κ3) is 3.32. The van der Waals surface area contributed by atoms with Crippen LogP contribution in [0.3, 0.4) is 0 Å². The van der Waals surface area contributed by atoms with Crippen LogP contribution in [0.1, 0.15) is 29.3 Å². The van der Waals surface area contributed by atoms with Crippen LogP contribution in [0.25, 0.3) is 0 Å². The summed E-state index contributed by atoms with van der Waals surface area (Å²) in [5, 5.41) is 11.4. The number of hydrogen-bond acceptors (Lipinski definition) is 5. The molecule has 142 valence electrons. The molecule has 2 fully saturated rings. The first kappa shape index (κ1) is 16.7. The van der Waals surface area contributed by atoms with Gasteiger partial charge in [-0.05, 0) is 54.9 Å². The van der Waals surface area contributed by atoms with E-state index in [1.165, 1.54) is 25.9 Å². The number of ether oxygens (including phenoxy) is 1. The second-order valence-electron chi connectivity index (χ2n) is 8.12. The molecule has 27 heavy (non-hydrogen) atoms. The zero-order chi connectivity index (χ0) is 18.4. The standard InChI is InChI=1S/C20H25N5O2/c1-27-17-6-4-16(5-7-17)21-20(26)19-23-22-18-8-14-10-24(9-13-2-3-13)11-15(14)12-25(18)19/h4-7,13-15H,2-3,8-12H2,1H3,(H,21,26)/t14-,15-/m1/s1. The molecule has 1 aliphatic carbocycles. The van der Waals surface area contributed by atoms with Gasteiger partial charge >= 0.3 is 0 Å². The highest BCUT2D eigenvalue weighted by molar-refractivity contribution is 6.01. The lowest BCUT2D eigenvalue weighted by atomic mass is 9.89. The van der Waals surface area contributed by atoms with Crippen molar-refractivity contribution in [1.29, 1.82) is 0 Å². The molecule has 3 heterocycles. The van der Waals surface area contributed by atoms with Crippen molar-refractivity contribution < 1.29 is 9.53 Å². The van der Waals surface area contributed by atoms with Gasteiger partial charge in [-0.1, -0.05) is 0 Å². The Balaban J connectivity index is 1.28. The Labute approximate surface area is 158 Å². The van der Waals surface area contributed by atoms with Crippen molar-refractivity contribution in [2.45, 2.75) is 25.8 Å². The Morgan fingerprint density at radius 1 is 1.15 bits per heavy atom. The number of carbonyl (C=O) groups excluding carboxylic acids is 1. The highest BCUT2D eigenvalue weighted by Crippen LogP contribution is 2.36. The lowest BCUT2D eigenvalue weighted by molar-refractivity contribution is 0.100. The maximum Gasteiger partial charge on any atom is 0.293 e. The van der Waals surface area contributed by atoms with Crippen molar-refractivity contribution in [3.05, 3.63) is 35.9 Å². The fraction of sp³-hybridized carbons (Fsp3) is 0.550. The molecule has 2 aliphatic heterocycles. The van der Waals surface area contributed by atoms with Gasteiger partial charge in [-0.2, -0.15) is 0 Å². The zero-order valence-corrected chi connectivity index (χ0v) is 15.6.